The third-order valence-electron chi connectivity index (χ3n) is 3.43. The van der Waals surface area contributed by atoms with Crippen molar-refractivity contribution in [2.75, 3.05) is 0 Å². The predicted octanol–water partition coefficient (Wildman–Crippen LogP) is 3.40. The van der Waals surface area contributed by atoms with Gasteiger partial charge < -0.3 is 9.84 Å². The van der Waals surface area contributed by atoms with Gasteiger partial charge in [0.2, 0.25) is 0 Å². The summed E-state index contributed by atoms with van der Waals surface area (Å²) >= 11 is 1.61. The lowest BCUT2D eigenvalue weighted by Gasteiger charge is -2.21. The number of fused-ring (bicyclic) bond motifs is 1. The average Bonchev–Trinajstić information content (AvgIpc) is 2.83. The van der Waals surface area contributed by atoms with Gasteiger partial charge >= 0.3 is 0 Å². The molecule has 1 N–H and O–H groups in total. The Morgan fingerprint density at radius 1 is 1.47 bits per heavy atom. The first-order valence-corrected chi connectivity index (χ1v) is 7.45. The number of hydrogen-bond donors (Lipinski definition) is 1. The van der Waals surface area contributed by atoms with Gasteiger partial charge in [-0.15, -0.1) is 11.3 Å². The number of aromatic nitrogens is 1. The van der Waals surface area contributed by atoms with Crippen LogP contribution in [0.5, 0.6) is 5.75 Å². The molecule has 0 aliphatic heterocycles. The Bertz CT molecular complexity index is 579. The first kappa shape index (κ1) is 12.6. The van der Waals surface area contributed by atoms with Crippen LogP contribution in [0.1, 0.15) is 40.8 Å². The number of aryl methyl sites for hydroxylation is 2. The number of ether oxygens (including phenoxy) is 1. The van der Waals surface area contributed by atoms with Gasteiger partial charge in [0, 0.05) is 11.1 Å². The van der Waals surface area contributed by atoms with Crippen LogP contribution in [-0.2, 0) is 13.0 Å². The molecule has 0 amide bonds. The van der Waals surface area contributed by atoms with Crippen LogP contribution in [0.25, 0.3) is 0 Å². The summed E-state index contributed by atoms with van der Waals surface area (Å²) in [5, 5.41) is 13.0. The molecule has 4 heteroatoms. The van der Waals surface area contributed by atoms with Crippen LogP contribution >= 0.6 is 11.3 Å². The molecule has 0 saturated carbocycles. The largest absolute Gasteiger partial charge is 0.486 e. The summed E-state index contributed by atoms with van der Waals surface area (Å²) in [4.78, 5) is 4.37. The third kappa shape index (κ3) is 2.80. The van der Waals surface area contributed by atoms with Crippen LogP contribution in [0.2, 0.25) is 0 Å². The molecular weight excluding hydrogens is 258 g/mol. The molecule has 1 heterocycles. The van der Waals surface area contributed by atoms with E-state index >= 15 is 0 Å². The normalized spacial score (nSPS) is 18.1. The maximum absolute atomic E-state index is 10.0. The quantitative estimate of drug-likeness (QED) is 0.933. The maximum Gasteiger partial charge on any atom is 0.140 e. The fourth-order valence-corrected chi connectivity index (χ4v) is 3.14. The number of hydrogen-bond acceptors (Lipinski definition) is 4. The molecule has 0 radical (unpaired) electrons. The van der Waals surface area contributed by atoms with Gasteiger partial charge in [-0.25, -0.2) is 4.98 Å². The zero-order chi connectivity index (χ0) is 13.2. The van der Waals surface area contributed by atoms with Gasteiger partial charge in [-0.2, -0.15) is 0 Å². The number of thiazole rings is 1. The van der Waals surface area contributed by atoms with E-state index in [1.54, 1.807) is 11.3 Å². The Balaban J connectivity index is 1.73. The fraction of sp³-hybridized carbons (Fsp3) is 0.400. The molecule has 3 rings (SSSR count). The van der Waals surface area contributed by atoms with Crippen LogP contribution in [0, 0.1) is 6.92 Å². The zero-order valence-electron chi connectivity index (χ0n) is 10.9. The summed E-state index contributed by atoms with van der Waals surface area (Å²) in [7, 11) is 0. The first-order chi connectivity index (χ1) is 9.22. The molecule has 1 aromatic carbocycles. The van der Waals surface area contributed by atoms with E-state index in [0.717, 1.165) is 41.3 Å². The van der Waals surface area contributed by atoms with Crippen molar-refractivity contribution in [1.82, 2.24) is 4.98 Å². The second kappa shape index (κ2) is 5.31. The van der Waals surface area contributed by atoms with Gasteiger partial charge in [0.1, 0.15) is 17.4 Å². The minimum atomic E-state index is -0.339. The molecule has 0 spiro atoms. The SMILES string of the molecule is Cc1csc(COc2ccc3c(c2)C(O)CCC3)n1. The smallest absolute Gasteiger partial charge is 0.140 e. The molecule has 19 heavy (non-hydrogen) atoms. The fourth-order valence-electron chi connectivity index (χ4n) is 2.46. The summed E-state index contributed by atoms with van der Waals surface area (Å²) in [6.07, 6.45) is 2.63. The molecule has 1 unspecified atom stereocenters. The van der Waals surface area contributed by atoms with Crippen LogP contribution < -0.4 is 4.74 Å². The molecule has 0 bridgehead atoms. The van der Waals surface area contributed by atoms with E-state index < -0.39 is 0 Å². The van der Waals surface area contributed by atoms with Crippen LogP contribution in [0.4, 0.5) is 0 Å². The van der Waals surface area contributed by atoms with Gasteiger partial charge in [-0.05, 0) is 49.4 Å². The first-order valence-electron chi connectivity index (χ1n) is 6.57. The molecule has 0 saturated heterocycles. The van der Waals surface area contributed by atoms with Crippen LogP contribution in [0.3, 0.4) is 0 Å². The Labute approximate surface area is 116 Å². The minimum absolute atomic E-state index is 0.339. The minimum Gasteiger partial charge on any atom is -0.486 e. The molecule has 3 nitrogen and oxygen atoms in total. The van der Waals surface area contributed by atoms with Crippen molar-refractivity contribution < 1.29 is 9.84 Å². The Hall–Kier alpha value is -1.39. The number of aliphatic hydroxyl groups is 1. The van der Waals surface area contributed by atoms with Gasteiger partial charge in [0.15, 0.2) is 0 Å². The monoisotopic (exact) mass is 275 g/mol. The molecular formula is C15H17NO2S. The highest BCUT2D eigenvalue weighted by Gasteiger charge is 2.18. The average molecular weight is 275 g/mol. The Morgan fingerprint density at radius 3 is 3.16 bits per heavy atom. The van der Waals surface area contributed by atoms with E-state index in [-0.39, 0.29) is 6.10 Å². The highest BCUT2D eigenvalue weighted by Crippen LogP contribution is 2.32. The molecule has 2 aromatic rings. The van der Waals surface area contributed by atoms with E-state index in [1.807, 2.05) is 24.4 Å². The summed E-state index contributed by atoms with van der Waals surface area (Å²) in [6, 6.07) is 6.02. The molecule has 1 aliphatic carbocycles. The summed E-state index contributed by atoms with van der Waals surface area (Å²) in [5.74, 6) is 0.813. The molecule has 0 fully saturated rings. The van der Waals surface area contributed by atoms with Crippen molar-refractivity contribution in [2.24, 2.45) is 0 Å². The third-order valence-corrected chi connectivity index (χ3v) is 4.37. The van der Waals surface area contributed by atoms with Gasteiger partial charge in [0.05, 0.1) is 6.10 Å². The van der Waals surface area contributed by atoms with E-state index in [0.29, 0.717) is 6.61 Å². The predicted molar refractivity (Wildman–Crippen MR) is 75.5 cm³/mol. The van der Waals surface area contributed by atoms with E-state index in [9.17, 15) is 5.11 Å². The Kier molecular flexibility index (Phi) is 3.53. The Morgan fingerprint density at radius 2 is 2.37 bits per heavy atom. The van der Waals surface area contributed by atoms with Gasteiger partial charge in [-0.1, -0.05) is 6.07 Å². The van der Waals surface area contributed by atoms with Gasteiger partial charge in [-0.3, -0.25) is 0 Å². The van der Waals surface area contributed by atoms with Crippen molar-refractivity contribution in [3.05, 3.63) is 45.4 Å². The number of rotatable bonds is 3. The van der Waals surface area contributed by atoms with Crippen LogP contribution in [-0.4, -0.2) is 10.1 Å². The highest BCUT2D eigenvalue weighted by molar-refractivity contribution is 7.09. The van der Waals surface area contributed by atoms with Crippen molar-refractivity contribution >= 4 is 11.3 Å². The van der Waals surface area contributed by atoms with E-state index in [4.69, 9.17) is 4.74 Å². The topological polar surface area (TPSA) is 42.4 Å². The maximum atomic E-state index is 10.0. The number of nitrogens with zero attached hydrogens (tertiary/aromatic N) is 1. The lowest BCUT2D eigenvalue weighted by atomic mass is 9.89. The van der Waals surface area contributed by atoms with Crippen molar-refractivity contribution in [3.8, 4) is 5.75 Å². The summed E-state index contributed by atoms with van der Waals surface area (Å²) < 4.78 is 5.76. The van der Waals surface area contributed by atoms with Crippen molar-refractivity contribution in [3.63, 3.8) is 0 Å². The van der Waals surface area contributed by atoms with E-state index in [1.165, 1.54) is 5.56 Å². The highest BCUT2D eigenvalue weighted by atomic mass is 32.1. The second-order valence-electron chi connectivity index (χ2n) is 4.94. The van der Waals surface area contributed by atoms with Crippen molar-refractivity contribution in [2.45, 2.75) is 38.9 Å². The summed E-state index contributed by atoms with van der Waals surface area (Å²) in [6.45, 7) is 2.47. The number of benzene rings is 1. The standard InChI is InChI=1S/C15H17NO2S/c1-10-9-19-15(16-10)8-18-12-6-5-11-3-2-4-14(17)13(11)7-12/h5-7,9,14,17H,2-4,8H2,1H3. The molecule has 1 atom stereocenters. The number of aliphatic hydroxyl groups excluding tert-OH is 1. The zero-order valence-corrected chi connectivity index (χ0v) is 11.7. The molecule has 100 valence electrons. The van der Waals surface area contributed by atoms with Crippen molar-refractivity contribution in [1.29, 1.82) is 0 Å². The summed E-state index contributed by atoms with van der Waals surface area (Å²) in [5.41, 5.74) is 3.31. The van der Waals surface area contributed by atoms with Gasteiger partial charge in [0.25, 0.3) is 0 Å². The molecule has 1 aromatic heterocycles. The lowest BCUT2D eigenvalue weighted by Crippen LogP contribution is -2.09. The van der Waals surface area contributed by atoms with E-state index in [2.05, 4.69) is 11.1 Å². The van der Waals surface area contributed by atoms with Crippen LogP contribution in [0.15, 0.2) is 23.6 Å². The lowest BCUT2D eigenvalue weighted by molar-refractivity contribution is 0.156. The molecule has 1 aliphatic rings. The second-order valence-corrected chi connectivity index (χ2v) is 5.88.